The number of carboxylic acid groups (broad SMARTS) is 1. The van der Waals surface area contributed by atoms with E-state index >= 15 is 0 Å². The van der Waals surface area contributed by atoms with Crippen LogP contribution in [0, 0.1) is 0 Å². The second-order valence-corrected chi connectivity index (χ2v) is 10.7. The van der Waals surface area contributed by atoms with Crippen LogP contribution in [0.4, 0.5) is 0 Å². The third-order valence-electron chi connectivity index (χ3n) is 7.12. The zero-order valence-corrected chi connectivity index (χ0v) is 25.0. The van der Waals surface area contributed by atoms with Crippen molar-refractivity contribution in [2.45, 2.75) is 19.6 Å². The molecule has 1 N–H and O–H groups in total. The third-order valence-corrected chi connectivity index (χ3v) is 7.12. The molecule has 1 amide bonds. The maximum Gasteiger partial charge on any atom is 0.323 e. The van der Waals surface area contributed by atoms with E-state index in [1.165, 1.54) is 16.0 Å². The van der Waals surface area contributed by atoms with Crippen LogP contribution in [0.3, 0.4) is 0 Å². The Morgan fingerprint density at radius 3 is 1.78 bits per heavy atom. The lowest BCUT2D eigenvalue weighted by Gasteiger charge is -2.23. The van der Waals surface area contributed by atoms with Gasteiger partial charge in [0.05, 0.1) is 0 Å². The Hall–Kier alpha value is -5.40. The molecule has 0 spiro atoms. The second-order valence-electron chi connectivity index (χ2n) is 10.7. The molecular weight excluding hydrogens is 564 g/mol. The number of carboxylic acids is 1. The summed E-state index contributed by atoms with van der Waals surface area (Å²) in [5, 5.41) is 9.59. The molecule has 0 bridgehead atoms. The number of amides is 1. The summed E-state index contributed by atoms with van der Waals surface area (Å²) in [5.74, 6) is 0.351. The number of nitrogens with zero attached hydrogens (tertiary/aromatic N) is 2. The minimum atomic E-state index is -1.09. The zero-order chi connectivity index (χ0) is 31.3. The lowest BCUT2D eigenvalue weighted by Crippen LogP contribution is -2.35. The number of benzene rings is 5. The molecule has 0 fully saturated rings. The minimum absolute atomic E-state index is 0.107. The number of carbonyl (C=O) groups excluding carboxylic acids is 1. The first-order valence-electron chi connectivity index (χ1n) is 14.9. The summed E-state index contributed by atoms with van der Waals surface area (Å²) in [7, 11) is 0. The molecule has 0 saturated carbocycles. The average molecular weight is 601 g/mol. The maximum atomic E-state index is 13.6. The summed E-state index contributed by atoms with van der Waals surface area (Å²) in [6.45, 7) is 2.31. The van der Waals surface area contributed by atoms with Gasteiger partial charge in [0.15, 0.2) is 0 Å². The Labute approximate surface area is 263 Å². The highest BCUT2D eigenvalue weighted by molar-refractivity contribution is 5.96. The van der Waals surface area contributed by atoms with E-state index in [1.54, 1.807) is 24.3 Å². The normalized spacial score (nSPS) is 10.8. The van der Waals surface area contributed by atoms with Gasteiger partial charge in [0.25, 0.3) is 5.91 Å². The van der Waals surface area contributed by atoms with E-state index in [9.17, 15) is 14.7 Å². The quantitative estimate of drug-likeness (QED) is 0.136. The number of aliphatic carboxylic acids is 1. The standard InChI is InChI=1S/C38H36N2O5/c41-37(42)29-40(28-32-16-10-21-36(24-32)45-34-18-8-3-9-19-34)38(43)33-17-11-20-35(25-33)44-23-22-39(26-30-12-4-1-5-13-30)27-31-14-6-2-7-15-31/h1-21,24-25H,22-23,26-29H2,(H,41,42). The Morgan fingerprint density at radius 2 is 1.13 bits per heavy atom. The van der Waals surface area contributed by atoms with E-state index in [0.29, 0.717) is 36.0 Å². The van der Waals surface area contributed by atoms with Crippen molar-refractivity contribution in [3.05, 3.63) is 162 Å². The highest BCUT2D eigenvalue weighted by Crippen LogP contribution is 2.23. The molecule has 0 heterocycles. The topological polar surface area (TPSA) is 79.3 Å². The largest absolute Gasteiger partial charge is 0.492 e. The van der Waals surface area contributed by atoms with Gasteiger partial charge in [-0.2, -0.15) is 0 Å². The van der Waals surface area contributed by atoms with E-state index < -0.39 is 18.4 Å². The smallest absolute Gasteiger partial charge is 0.323 e. The molecule has 5 rings (SSSR count). The molecular formula is C38H36N2O5. The molecule has 0 aromatic heterocycles. The van der Waals surface area contributed by atoms with Crippen LogP contribution in [-0.2, 0) is 24.4 Å². The van der Waals surface area contributed by atoms with E-state index in [2.05, 4.69) is 29.2 Å². The van der Waals surface area contributed by atoms with E-state index in [0.717, 1.165) is 18.7 Å². The molecule has 0 radical (unpaired) electrons. The Balaban J connectivity index is 1.23. The summed E-state index contributed by atoms with van der Waals surface area (Å²) in [4.78, 5) is 28.9. The molecule has 0 atom stereocenters. The molecule has 5 aromatic carbocycles. The number of hydrogen-bond donors (Lipinski definition) is 1. The van der Waals surface area contributed by atoms with Crippen LogP contribution in [0.5, 0.6) is 17.2 Å². The number of carbonyl (C=O) groups is 2. The Kier molecular flexibility index (Phi) is 11.0. The summed E-state index contributed by atoms with van der Waals surface area (Å²) in [6.07, 6.45) is 0. The van der Waals surface area contributed by atoms with E-state index in [4.69, 9.17) is 9.47 Å². The first-order valence-corrected chi connectivity index (χ1v) is 14.9. The van der Waals surface area contributed by atoms with Crippen molar-refractivity contribution in [3.8, 4) is 17.2 Å². The Bertz CT molecular complexity index is 1620. The summed E-state index contributed by atoms with van der Waals surface area (Å²) in [5.41, 5.74) is 3.55. The summed E-state index contributed by atoms with van der Waals surface area (Å²) < 4.78 is 12.0. The van der Waals surface area contributed by atoms with Crippen LogP contribution in [-0.4, -0.2) is 46.5 Å². The van der Waals surface area contributed by atoms with Gasteiger partial charge in [-0.05, 0) is 59.2 Å². The first-order chi connectivity index (χ1) is 22.0. The highest BCUT2D eigenvalue weighted by Gasteiger charge is 2.20. The number of para-hydroxylation sites is 1. The second kappa shape index (κ2) is 15.9. The van der Waals surface area contributed by atoms with E-state index in [-0.39, 0.29) is 6.54 Å². The van der Waals surface area contributed by atoms with Gasteiger partial charge in [-0.25, -0.2) is 0 Å². The van der Waals surface area contributed by atoms with Crippen LogP contribution in [0.15, 0.2) is 140 Å². The van der Waals surface area contributed by atoms with Gasteiger partial charge in [0.1, 0.15) is 30.4 Å². The van der Waals surface area contributed by atoms with Crippen molar-refractivity contribution in [2.24, 2.45) is 0 Å². The first kappa shape index (κ1) is 31.0. The van der Waals surface area contributed by atoms with Crippen LogP contribution >= 0.6 is 0 Å². The lowest BCUT2D eigenvalue weighted by molar-refractivity contribution is -0.137. The van der Waals surface area contributed by atoms with Gasteiger partial charge in [-0.3, -0.25) is 14.5 Å². The van der Waals surface area contributed by atoms with Crippen LogP contribution < -0.4 is 9.47 Å². The predicted molar refractivity (Wildman–Crippen MR) is 174 cm³/mol. The van der Waals surface area contributed by atoms with Gasteiger partial charge >= 0.3 is 5.97 Å². The lowest BCUT2D eigenvalue weighted by atomic mass is 10.1. The molecule has 0 unspecified atom stereocenters. The molecule has 5 aromatic rings. The van der Waals surface area contributed by atoms with Crippen molar-refractivity contribution >= 4 is 11.9 Å². The zero-order valence-electron chi connectivity index (χ0n) is 25.0. The van der Waals surface area contributed by atoms with Crippen molar-refractivity contribution in [1.82, 2.24) is 9.80 Å². The molecule has 228 valence electrons. The predicted octanol–water partition coefficient (Wildman–Crippen LogP) is 7.29. The van der Waals surface area contributed by atoms with Crippen molar-refractivity contribution in [1.29, 1.82) is 0 Å². The molecule has 45 heavy (non-hydrogen) atoms. The van der Waals surface area contributed by atoms with Gasteiger partial charge in [0, 0.05) is 31.7 Å². The highest BCUT2D eigenvalue weighted by atomic mass is 16.5. The maximum absolute atomic E-state index is 13.6. The van der Waals surface area contributed by atoms with Gasteiger partial charge in [-0.1, -0.05) is 97.1 Å². The molecule has 0 aliphatic rings. The number of hydrogen-bond acceptors (Lipinski definition) is 5. The third kappa shape index (κ3) is 9.81. The fraction of sp³-hybridized carbons (Fsp3) is 0.158. The minimum Gasteiger partial charge on any atom is -0.492 e. The SMILES string of the molecule is O=C(O)CN(Cc1cccc(Oc2ccccc2)c1)C(=O)c1cccc(OCCN(Cc2ccccc2)Cc2ccccc2)c1. The fourth-order valence-electron chi connectivity index (χ4n) is 5.01. The average Bonchev–Trinajstić information content (AvgIpc) is 3.06. The van der Waals surface area contributed by atoms with Crippen molar-refractivity contribution in [3.63, 3.8) is 0 Å². The summed E-state index contributed by atoms with van der Waals surface area (Å²) in [6, 6.07) is 44.2. The van der Waals surface area contributed by atoms with Crippen LogP contribution in [0.25, 0.3) is 0 Å². The molecule has 7 heteroatoms. The number of rotatable bonds is 15. The summed E-state index contributed by atoms with van der Waals surface area (Å²) >= 11 is 0. The van der Waals surface area contributed by atoms with Crippen LogP contribution in [0.2, 0.25) is 0 Å². The van der Waals surface area contributed by atoms with Crippen LogP contribution in [0.1, 0.15) is 27.0 Å². The number of ether oxygens (including phenoxy) is 2. The van der Waals surface area contributed by atoms with Crippen molar-refractivity contribution in [2.75, 3.05) is 19.7 Å². The molecule has 0 saturated heterocycles. The van der Waals surface area contributed by atoms with Crippen molar-refractivity contribution < 1.29 is 24.2 Å². The monoisotopic (exact) mass is 600 g/mol. The van der Waals surface area contributed by atoms with Gasteiger partial charge in [-0.15, -0.1) is 0 Å². The molecule has 0 aliphatic carbocycles. The molecule has 7 nitrogen and oxygen atoms in total. The molecule has 0 aliphatic heterocycles. The Morgan fingerprint density at radius 1 is 0.578 bits per heavy atom. The van der Waals surface area contributed by atoms with Gasteiger partial charge in [0.2, 0.25) is 0 Å². The van der Waals surface area contributed by atoms with E-state index in [1.807, 2.05) is 91.0 Å². The van der Waals surface area contributed by atoms with Gasteiger partial charge < -0.3 is 19.5 Å². The fourth-order valence-corrected chi connectivity index (χ4v) is 5.01.